The quantitative estimate of drug-likeness (QED) is 0.813. The SMILES string of the molecule is COCCN1CCC(NC(=O)c2ccc(OC)c(-c3ccccn3)c2)CC1. The Morgan fingerprint density at radius 2 is 2.04 bits per heavy atom. The first-order valence-corrected chi connectivity index (χ1v) is 9.33. The van der Waals surface area contributed by atoms with E-state index in [0.717, 1.165) is 50.3 Å². The fourth-order valence-corrected chi connectivity index (χ4v) is 3.36. The molecule has 1 saturated heterocycles. The highest BCUT2D eigenvalue weighted by atomic mass is 16.5. The molecule has 1 fully saturated rings. The highest BCUT2D eigenvalue weighted by Gasteiger charge is 2.21. The van der Waals surface area contributed by atoms with Crippen LogP contribution in [0.4, 0.5) is 0 Å². The van der Waals surface area contributed by atoms with Crippen LogP contribution in [0.5, 0.6) is 5.75 Å². The number of methoxy groups -OCH3 is 2. The molecule has 2 aromatic rings. The molecule has 1 aliphatic rings. The van der Waals surface area contributed by atoms with E-state index < -0.39 is 0 Å². The molecule has 0 radical (unpaired) electrons. The highest BCUT2D eigenvalue weighted by molar-refractivity contribution is 5.96. The van der Waals surface area contributed by atoms with Gasteiger partial charge in [-0.1, -0.05) is 6.07 Å². The van der Waals surface area contributed by atoms with Crippen molar-refractivity contribution in [3.8, 4) is 17.0 Å². The smallest absolute Gasteiger partial charge is 0.251 e. The van der Waals surface area contributed by atoms with Gasteiger partial charge in [-0.25, -0.2) is 0 Å². The summed E-state index contributed by atoms with van der Waals surface area (Å²) in [6, 6.07) is 11.4. The number of hydrogen-bond donors (Lipinski definition) is 1. The van der Waals surface area contributed by atoms with Gasteiger partial charge < -0.3 is 19.7 Å². The first kappa shape index (κ1) is 19.3. The molecule has 1 aromatic carbocycles. The molecule has 0 bridgehead atoms. The highest BCUT2D eigenvalue weighted by Crippen LogP contribution is 2.29. The number of nitrogens with one attached hydrogen (secondary N) is 1. The van der Waals surface area contributed by atoms with Gasteiger partial charge in [0.1, 0.15) is 5.75 Å². The molecular formula is C21H27N3O3. The minimum atomic E-state index is -0.0508. The van der Waals surface area contributed by atoms with Crippen LogP contribution in [0.25, 0.3) is 11.3 Å². The summed E-state index contributed by atoms with van der Waals surface area (Å²) in [5.41, 5.74) is 2.23. The van der Waals surface area contributed by atoms with Crippen molar-refractivity contribution in [2.24, 2.45) is 0 Å². The van der Waals surface area contributed by atoms with Crippen molar-refractivity contribution in [2.45, 2.75) is 18.9 Å². The van der Waals surface area contributed by atoms with Gasteiger partial charge in [0.05, 0.1) is 19.4 Å². The molecule has 6 heteroatoms. The zero-order valence-electron chi connectivity index (χ0n) is 16.0. The van der Waals surface area contributed by atoms with Gasteiger partial charge in [0, 0.05) is 50.1 Å². The third kappa shape index (κ3) is 5.05. The number of piperidine rings is 1. The van der Waals surface area contributed by atoms with Crippen LogP contribution in [0, 0.1) is 0 Å². The van der Waals surface area contributed by atoms with E-state index in [2.05, 4.69) is 15.2 Å². The van der Waals surface area contributed by atoms with Gasteiger partial charge in [-0.3, -0.25) is 9.78 Å². The van der Waals surface area contributed by atoms with Crippen LogP contribution in [-0.2, 0) is 4.74 Å². The van der Waals surface area contributed by atoms with Crippen molar-refractivity contribution in [1.82, 2.24) is 15.2 Å². The Hall–Kier alpha value is -2.44. The number of ether oxygens (including phenoxy) is 2. The van der Waals surface area contributed by atoms with E-state index in [1.807, 2.05) is 30.3 Å². The van der Waals surface area contributed by atoms with Crippen LogP contribution in [0.3, 0.4) is 0 Å². The number of carbonyl (C=O) groups is 1. The monoisotopic (exact) mass is 369 g/mol. The van der Waals surface area contributed by atoms with Gasteiger partial charge in [-0.15, -0.1) is 0 Å². The summed E-state index contributed by atoms with van der Waals surface area (Å²) in [4.78, 5) is 19.5. The maximum absolute atomic E-state index is 12.7. The van der Waals surface area contributed by atoms with Crippen LogP contribution in [0.1, 0.15) is 23.2 Å². The van der Waals surface area contributed by atoms with E-state index in [9.17, 15) is 4.79 Å². The summed E-state index contributed by atoms with van der Waals surface area (Å²) in [7, 11) is 3.35. The number of amides is 1. The van der Waals surface area contributed by atoms with Gasteiger partial charge in [0.15, 0.2) is 0 Å². The van der Waals surface area contributed by atoms with Gasteiger partial charge in [0.2, 0.25) is 0 Å². The predicted octanol–water partition coefficient (Wildman–Crippen LogP) is 2.60. The van der Waals surface area contributed by atoms with Crippen molar-refractivity contribution >= 4 is 5.91 Å². The van der Waals surface area contributed by atoms with Gasteiger partial charge in [-0.05, 0) is 43.2 Å². The van der Waals surface area contributed by atoms with E-state index in [-0.39, 0.29) is 11.9 Å². The molecule has 3 rings (SSSR count). The van der Waals surface area contributed by atoms with E-state index in [0.29, 0.717) is 11.3 Å². The molecule has 144 valence electrons. The Balaban J connectivity index is 1.65. The van der Waals surface area contributed by atoms with E-state index in [4.69, 9.17) is 9.47 Å². The average Bonchev–Trinajstić information content (AvgIpc) is 2.73. The molecule has 6 nitrogen and oxygen atoms in total. The molecule has 0 unspecified atom stereocenters. The summed E-state index contributed by atoms with van der Waals surface area (Å²) >= 11 is 0. The molecular weight excluding hydrogens is 342 g/mol. The third-order valence-electron chi connectivity index (χ3n) is 4.94. The van der Waals surface area contributed by atoms with Crippen LogP contribution >= 0.6 is 0 Å². The van der Waals surface area contributed by atoms with Crippen LogP contribution in [0.2, 0.25) is 0 Å². The molecule has 27 heavy (non-hydrogen) atoms. The second-order valence-corrected chi connectivity index (χ2v) is 6.71. The standard InChI is InChI=1S/C21H27N3O3/c1-26-14-13-24-11-8-17(9-12-24)23-21(25)16-6-7-20(27-2)18(15-16)19-5-3-4-10-22-19/h3-7,10,15,17H,8-9,11-14H2,1-2H3,(H,23,25). The summed E-state index contributed by atoms with van der Waals surface area (Å²) in [6.45, 7) is 3.66. The molecule has 0 atom stereocenters. The maximum Gasteiger partial charge on any atom is 0.251 e. The van der Waals surface area contributed by atoms with Crippen molar-refractivity contribution in [1.29, 1.82) is 0 Å². The number of aromatic nitrogens is 1. The van der Waals surface area contributed by atoms with Gasteiger partial charge >= 0.3 is 0 Å². The largest absolute Gasteiger partial charge is 0.496 e. The number of nitrogens with zero attached hydrogens (tertiary/aromatic N) is 2. The summed E-state index contributed by atoms with van der Waals surface area (Å²) in [6.07, 6.45) is 3.65. The molecule has 1 N–H and O–H groups in total. The minimum Gasteiger partial charge on any atom is -0.496 e. The number of carbonyl (C=O) groups excluding carboxylic acids is 1. The van der Waals surface area contributed by atoms with Crippen LogP contribution in [0.15, 0.2) is 42.6 Å². The first-order chi connectivity index (χ1) is 13.2. The Morgan fingerprint density at radius 3 is 2.70 bits per heavy atom. The van der Waals surface area contributed by atoms with E-state index in [1.165, 1.54) is 0 Å². The molecule has 0 aliphatic carbocycles. The number of pyridine rings is 1. The van der Waals surface area contributed by atoms with E-state index in [1.54, 1.807) is 26.5 Å². The molecule has 2 heterocycles. The van der Waals surface area contributed by atoms with Gasteiger partial charge in [0.25, 0.3) is 5.91 Å². The predicted molar refractivity (Wildman–Crippen MR) is 105 cm³/mol. The summed E-state index contributed by atoms with van der Waals surface area (Å²) in [5.74, 6) is 0.655. The Kier molecular flexibility index (Phi) is 6.79. The van der Waals surface area contributed by atoms with Crippen molar-refractivity contribution in [3.05, 3.63) is 48.2 Å². The zero-order valence-corrected chi connectivity index (χ0v) is 16.0. The molecule has 1 amide bonds. The van der Waals surface area contributed by atoms with E-state index >= 15 is 0 Å². The van der Waals surface area contributed by atoms with Crippen molar-refractivity contribution < 1.29 is 14.3 Å². The second-order valence-electron chi connectivity index (χ2n) is 6.71. The third-order valence-corrected chi connectivity index (χ3v) is 4.94. The number of benzene rings is 1. The number of hydrogen-bond acceptors (Lipinski definition) is 5. The van der Waals surface area contributed by atoms with Crippen molar-refractivity contribution in [3.63, 3.8) is 0 Å². The lowest BCUT2D eigenvalue weighted by molar-refractivity contribution is 0.0893. The summed E-state index contributed by atoms with van der Waals surface area (Å²) < 4.78 is 10.6. The average molecular weight is 369 g/mol. The normalized spacial score (nSPS) is 15.5. The number of likely N-dealkylation sites (tertiary alicyclic amines) is 1. The fourth-order valence-electron chi connectivity index (χ4n) is 3.36. The van der Waals surface area contributed by atoms with Crippen LogP contribution in [-0.4, -0.2) is 62.3 Å². The molecule has 1 aromatic heterocycles. The Bertz CT molecular complexity index is 744. The topological polar surface area (TPSA) is 63.7 Å². The zero-order chi connectivity index (χ0) is 19.1. The van der Waals surface area contributed by atoms with Gasteiger partial charge in [-0.2, -0.15) is 0 Å². The minimum absolute atomic E-state index is 0.0508. The first-order valence-electron chi connectivity index (χ1n) is 9.33. The maximum atomic E-state index is 12.7. The molecule has 0 saturated carbocycles. The van der Waals surface area contributed by atoms with Crippen LogP contribution < -0.4 is 10.1 Å². The Morgan fingerprint density at radius 1 is 1.22 bits per heavy atom. The number of rotatable bonds is 7. The molecule has 1 aliphatic heterocycles. The molecule has 0 spiro atoms. The fraction of sp³-hybridized carbons (Fsp3) is 0.429. The lowest BCUT2D eigenvalue weighted by Crippen LogP contribution is -2.45. The lowest BCUT2D eigenvalue weighted by Gasteiger charge is -2.32. The second kappa shape index (κ2) is 9.48. The Labute approximate surface area is 160 Å². The lowest BCUT2D eigenvalue weighted by atomic mass is 10.0. The summed E-state index contributed by atoms with van der Waals surface area (Å²) in [5, 5.41) is 3.17. The van der Waals surface area contributed by atoms with Crippen molar-refractivity contribution in [2.75, 3.05) is 40.5 Å².